The van der Waals surface area contributed by atoms with Crippen molar-refractivity contribution in [2.75, 3.05) is 0 Å². The molecule has 0 radical (unpaired) electrons. The van der Waals surface area contributed by atoms with E-state index in [1.54, 1.807) is 11.3 Å². The van der Waals surface area contributed by atoms with Crippen LogP contribution in [0.3, 0.4) is 0 Å². The summed E-state index contributed by atoms with van der Waals surface area (Å²) >= 11 is 1.74. The van der Waals surface area contributed by atoms with E-state index in [0.717, 1.165) is 19.3 Å². The van der Waals surface area contributed by atoms with Crippen molar-refractivity contribution >= 4 is 17.3 Å². The van der Waals surface area contributed by atoms with Gasteiger partial charge < -0.3 is 5.11 Å². The maximum Gasteiger partial charge on any atom is 0.307 e. The molecule has 2 unspecified atom stereocenters. The molecule has 0 spiro atoms. The smallest absolute Gasteiger partial charge is 0.307 e. The summed E-state index contributed by atoms with van der Waals surface area (Å²) < 4.78 is 0. The van der Waals surface area contributed by atoms with Gasteiger partial charge in [-0.3, -0.25) is 4.79 Å². The second kappa shape index (κ2) is 3.73. The van der Waals surface area contributed by atoms with Crippen LogP contribution in [-0.4, -0.2) is 11.1 Å². The Hall–Kier alpha value is -0.830. The van der Waals surface area contributed by atoms with E-state index in [9.17, 15) is 4.79 Å². The van der Waals surface area contributed by atoms with Crippen molar-refractivity contribution in [3.8, 4) is 0 Å². The first-order chi connectivity index (χ1) is 6.68. The highest BCUT2D eigenvalue weighted by atomic mass is 32.1. The standard InChI is InChI=1S/C11H14O2S/c1-7-5-6-10(14-7)8-3-2-4-9(8)11(12)13/h5-6,8-9H,2-4H2,1H3,(H,12,13). The normalized spacial score (nSPS) is 26.6. The van der Waals surface area contributed by atoms with Gasteiger partial charge >= 0.3 is 5.97 Å². The summed E-state index contributed by atoms with van der Waals surface area (Å²) in [5.74, 6) is -0.502. The number of rotatable bonds is 2. The van der Waals surface area contributed by atoms with E-state index in [4.69, 9.17) is 5.11 Å². The molecule has 1 heterocycles. The maximum absolute atomic E-state index is 11.0. The molecular weight excluding hydrogens is 196 g/mol. The molecule has 1 aromatic rings. The summed E-state index contributed by atoms with van der Waals surface area (Å²) in [5, 5.41) is 9.06. The van der Waals surface area contributed by atoms with Gasteiger partial charge in [-0.15, -0.1) is 11.3 Å². The van der Waals surface area contributed by atoms with Crippen LogP contribution in [0, 0.1) is 12.8 Å². The molecule has 3 heteroatoms. The van der Waals surface area contributed by atoms with E-state index in [0.29, 0.717) is 0 Å². The molecule has 1 aliphatic carbocycles. The average Bonchev–Trinajstić information content (AvgIpc) is 2.70. The summed E-state index contributed by atoms with van der Waals surface area (Å²) in [6.45, 7) is 2.07. The number of aliphatic carboxylic acids is 1. The van der Waals surface area contributed by atoms with E-state index < -0.39 is 5.97 Å². The van der Waals surface area contributed by atoms with Crippen LogP contribution in [0.2, 0.25) is 0 Å². The van der Waals surface area contributed by atoms with Crippen molar-refractivity contribution in [2.45, 2.75) is 32.1 Å². The summed E-state index contributed by atoms with van der Waals surface area (Å²) in [6, 6.07) is 4.17. The largest absolute Gasteiger partial charge is 0.481 e. The second-order valence-electron chi connectivity index (χ2n) is 3.93. The SMILES string of the molecule is Cc1ccc(C2CCCC2C(=O)O)s1. The monoisotopic (exact) mass is 210 g/mol. The maximum atomic E-state index is 11.0. The lowest BCUT2D eigenvalue weighted by atomic mass is 9.95. The minimum atomic E-state index is -0.626. The van der Waals surface area contributed by atoms with Gasteiger partial charge in [0.15, 0.2) is 0 Å². The van der Waals surface area contributed by atoms with Gasteiger partial charge in [0, 0.05) is 15.7 Å². The fraction of sp³-hybridized carbons (Fsp3) is 0.545. The fourth-order valence-electron chi connectivity index (χ4n) is 2.25. The number of aryl methyl sites for hydroxylation is 1. The van der Waals surface area contributed by atoms with Crippen molar-refractivity contribution in [2.24, 2.45) is 5.92 Å². The molecule has 0 amide bonds. The third kappa shape index (κ3) is 1.69. The highest BCUT2D eigenvalue weighted by Crippen LogP contribution is 2.42. The minimum Gasteiger partial charge on any atom is -0.481 e. The van der Waals surface area contributed by atoms with Crippen molar-refractivity contribution in [1.29, 1.82) is 0 Å². The van der Waals surface area contributed by atoms with Crippen LogP contribution in [-0.2, 0) is 4.79 Å². The molecule has 14 heavy (non-hydrogen) atoms. The topological polar surface area (TPSA) is 37.3 Å². The van der Waals surface area contributed by atoms with Gasteiger partial charge in [0.25, 0.3) is 0 Å². The number of carbonyl (C=O) groups is 1. The molecule has 0 bridgehead atoms. The van der Waals surface area contributed by atoms with Gasteiger partial charge in [-0.2, -0.15) is 0 Å². The lowest BCUT2D eigenvalue weighted by molar-refractivity contribution is -0.141. The van der Waals surface area contributed by atoms with Crippen LogP contribution in [0.4, 0.5) is 0 Å². The van der Waals surface area contributed by atoms with Crippen LogP contribution in [0.25, 0.3) is 0 Å². The van der Waals surface area contributed by atoms with Gasteiger partial charge in [-0.05, 0) is 31.9 Å². The zero-order valence-electron chi connectivity index (χ0n) is 8.19. The fourth-order valence-corrected chi connectivity index (χ4v) is 3.33. The van der Waals surface area contributed by atoms with E-state index in [1.807, 2.05) is 0 Å². The minimum absolute atomic E-state index is 0.145. The number of carboxylic acid groups (broad SMARTS) is 1. The molecule has 2 rings (SSSR count). The number of hydrogen-bond donors (Lipinski definition) is 1. The van der Waals surface area contributed by atoms with Crippen molar-refractivity contribution < 1.29 is 9.90 Å². The lowest BCUT2D eigenvalue weighted by Crippen LogP contribution is -2.15. The molecule has 2 nitrogen and oxygen atoms in total. The Morgan fingerprint density at radius 2 is 2.29 bits per heavy atom. The first-order valence-corrected chi connectivity index (χ1v) is 5.79. The van der Waals surface area contributed by atoms with Gasteiger partial charge in [-0.25, -0.2) is 0 Å². The Morgan fingerprint density at radius 3 is 2.86 bits per heavy atom. The lowest BCUT2D eigenvalue weighted by Gasteiger charge is -2.13. The number of thiophene rings is 1. The molecule has 2 atom stereocenters. The van der Waals surface area contributed by atoms with Crippen LogP contribution < -0.4 is 0 Å². The Morgan fingerprint density at radius 1 is 1.50 bits per heavy atom. The number of hydrogen-bond acceptors (Lipinski definition) is 2. The highest BCUT2D eigenvalue weighted by molar-refractivity contribution is 7.12. The van der Waals surface area contributed by atoms with Crippen LogP contribution >= 0.6 is 11.3 Å². The first-order valence-electron chi connectivity index (χ1n) is 4.97. The molecule has 0 saturated heterocycles. The molecule has 1 aliphatic rings. The molecule has 1 fully saturated rings. The predicted molar refractivity (Wildman–Crippen MR) is 56.8 cm³/mol. The quantitative estimate of drug-likeness (QED) is 0.814. The van der Waals surface area contributed by atoms with Crippen molar-refractivity contribution in [3.63, 3.8) is 0 Å². The predicted octanol–water partition coefficient (Wildman–Crippen LogP) is 3.02. The Kier molecular flexibility index (Phi) is 2.59. The molecule has 0 aromatic carbocycles. The van der Waals surface area contributed by atoms with E-state index >= 15 is 0 Å². The van der Waals surface area contributed by atoms with E-state index in [-0.39, 0.29) is 11.8 Å². The summed E-state index contributed by atoms with van der Waals surface area (Å²) in [7, 11) is 0. The summed E-state index contributed by atoms with van der Waals surface area (Å²) in [5.41, 5.74) is 0. The van der Waals surface area contributed by atoms with Gasteiger partial charge in [-0.1, -0.05) is 6.42 Å². The van der Waals surface area contributed by atoms with Crippen LogP contribution in [0.15, 0.2) is 12.1 Å². The van der Waals surface area contributed by atoms with Gasteiger partial charge in [0.05, 0.1) is 5.92 Å². The highest BCUT2D eigenvalue weighted by Gasteiger charge is 2.34. The molecular formula is C11H14O2S. The van der Waals surface area contributed by atoms with E-state index in [1.165, 1.54) is 9.75 Å². The zero-order chi connectivity index (χ0) is 10.1. The molecule has 76 valence electrons. The Balaban J connectivity index is 2.21. The molecule has 0 aliphatic heterocycles. The Labute approximate surface area is 87.6 Å². The molecule has 1 aromatic heterocycles. The first kappa shape index (κ1) is 9.71. The van der Waals surface area contributed by atoms with Crippen LogP contribution in [0.5, 0.6) is 0 Å². The van der Waals surface area contributed by atoms with E-state index in [2.05, 4.69) is 19.1 Å². The zero-order valence-corrected chi connectivity index (χ0v) is 9.01. The second-order valence-corrected chi connectivity index (χ2v) is 5.25. The van der Waals surface area contributed by atoms with Crippen molar-refractivity contribution in [3.05, 3.63) is 21.9 Å². The third-order valence-corrected chi connectivity index (χ3v) is 4.09. The van der Waals surface area contributed by atoms with Crippen molar-refractivity contribution in [1.82, 2.24) is 0 Å². The summed E-state index contributed by atoms with van der Waals surface area (Å²) in [6.07, 6.45) is 2.94. The van der Waals surface area contributed by atoms with Gasteiger partial charge in [0.1, 0.15) is 0 Å². The number of carboxylic acids is 1. The average molecular weight is 210 g/mol. The molecule has 1 N–H and O–H groups in total. The van der Waals surface area contributed by atoms with Crippen LogP contribution in [0.1, 0.15) is 34.9 Å². The Bertz CT molecular complexity index is 343. The van der Waals surface area contributed by atoms with Gasteiger partial charge in [0.2, 0.25) is 0 Å². The summed E-state index contributed by atoms with van der Waals surface area (Å²) in [4.78, 5) is 13.5. The third-order valence-electron chi connectivity index (χ3n) is 2.96. The molecule has 1 saturated carbocycles.